The van der Waals surface area contributed by atoms with E-state index in [-0.39, 0.29) is 0 Å². The average Bonchev–Trinajstić information content (AvgIpc) is 2.16. The first kappa shape index (κ1) is 16.6. The molecule has 0 spiro atoms. The SMILES string of the molecule is CC=C(C)C(=O)O.CCC(C)CC(O)O. The average molecular weight is 218 g/mol. The molecule has 90 valence electrons. The third-order valence-corrected chi connectivity index (χ3v) is 2.08. The van der Waals surface area contributed by atoms with Gasteiger partial charge in [0.15, 0.2) is 6.29 Å². The predicted molar refractivity (Wildman–Crippen MR) is 59.4 cm³/mol. The van der Waals surface area contributed by atoms with Crippen LogP contribution in [0, 0.1) is 5.92 Å². The van der Waals surface area contributed by atoms with Gasteiger partial charge in [-0.1, -0.05) is 26.3 Å². The molecule has 0 aliphatic heterocycles. The molecule has 0 fully saturated rings. The van der Waals surface area contributed by atoms with Gasteiger partial charge in [-0.15, -0.1) is 0 Å². The number of aliphatic hydroxyl groups excluding tert-OH is 1. The van der Waals surface area contributed by atoms with Crippen LogP contribution in [-0.2, 0) is 4.79 Å². The van der Waals surface area contributed by atoms with Gasteiger partial charge >= 0.3 is 5.97 Å². The molecule has 0 aliphatic carbocycles. The predicted octanol–water partition coefficient (Wildman–Crippen LogP) is 1.77. The van der Waals surface area contributed by atoms with Crippen LogP contribution in [0.1, 0.15) is 40.5 Å². The topological polar surface area (TPSA) is 77.8 Å². The van der Waals surface area contributed by atoms with Crippen LogP contribution in [-0.4, -0.2) is 27.6 Å². The number of aliphatic hydroxyl groups is 2. The number of hydrogen-bond acceptors (Lipinski definition) is 3. The number of carboxylic acids is 1. The second-order valence-corrected chi connectivity index (χ2v) is 3.51. The van der Waals surface area contributed by atoms with E-state index in [4.69, 9.17) is 15.3 Å². The maximum Gasteiger partial charge on any atom is 0.330 e. The fourth-order valence-corrected chi connectivity index (χ4v) is 0.650. The normalized spacial score (nSPS) is 13.1. The Bertz CT molecular complexity index is 197. The summed E-state index contributed by atoms with van der Waals surface area (Å²) >= 11 is 0. The van der Waals surface area contributed by atoms with Gasteiger partial charge in [-0.25, -0.2) is 4.79 Å². The highest BCUT2D eigenvalue weighted by Gasteiger charge is 2.02. The van der Waals surface area contributed by atoms with Gasteiger partial charge in [0.25, 0.3) is 0 Å². The monoisotopic (exact) mass is 218 g/mol. The summed E-state index contributed by atoms with van der Waals surface area (Å²) in [6.45, 7) is 7.29. The first-order valence-electron chi connectivity index (χ1n) is 5.07. The number of carboxylic acid groups (broad SMARTS) is 1. The zero-order valence-corrected chi connectivity index (χ0v) is 9.90. The first-order chi connectivity index (χ1) is 6.84. The van der Waals surface area contributed by atoms with E-state index in [1.54, 1.807) is 19.9 Å². The van der Waals surface area contributed by atoms with Crippen LogP contribution in [0.4, 0.5) is 0 Å². The second kappa shape index (κ2) is 9.68. The van der Waals surface area contributed by atoms with Gasteiger partial charge in [-0.05, 0) is 19.8 Å². The van der Waals surface area contributed by atoms with Gasteiger partial charge in [0, 0.05) is 12.0 Å². The van der Waals surface area contributed by atoms with E-state index in [1.807, 2.05) is 13.8 Å². The molecular weight excluding hydrogens is 196 g/mol. The standard InChI is InChI=1S/C6H14O2.C5H8O2/c1-3-5(2)4-6(7)8;1-3-4(2)5(6)7/h5-8H,3-4H2,1-2H3;3H,1-2H3,(H,6,7). The Balaban J connectivity index is 0. The minimum atomic E-state index is -1.12. The number of carbonyl (C=O) groups is 1. The lowest BCUT2D eigenvalue weighted by atomic mass is 10.1. The van der Waals surface area contributed by atoms with Crippen LogP contribution >= 0.6 is 0 Å². The Morgan fingerprint density at radius 3 is 1.93 bits per heavy atom. The van der Waals surface area contributed by atoms with Crippen molar-refractivity contribution in [2.75, 3.05) is 0 Å². The smallest absolute Gasteiger partial charge is 0.330 e. The summed E-state index contributed by atoms with van der Waals surface area (Å²) in [5, 5.41) is 24.9. The van der Waals surface area contributed by atoms with Crippen LogP contribution in [0.15, 0.2) is 11.6 Å². The Morgan fingerprint density at radius 2 is 1.87 bits per heavy atom. The molecule has 0 radical (unpaired) electrons. The molecule has 0 saturated carbocycles. The maximum atomic E-state index is 9.86. The molecule has 3 N–H and O–H groups in total. The number of allylic oxidation sites excluding steroid dienone is 1. The van der Waals surface area contributed by atoms with Gasteiger partial charge in [0.2, 0.25) is 0 Å². The minimum Gasteiger partial charge on any atom is -0.478 e. The van der Waals surface area contributed by atoms with Crippen molar-refractivity contribution in [2.24, 2.45) is 5.92 Å². The van der Waals surface area contributed by atoms with Gasteiger partial charge in [-0.2, -0.15) is 0 Å². The molecule has 0 aliphatic rings. The van der Waals surface area contributed by atoms with Crippen LogP contribution in [0.25, 0.3) is 0 Å². The Hall–Kier alpha value is -0.870. The van der Waals surface area contributed by atoms with Crippen molar-refractivity contribution in [1.82, 2.24) is 0 Å². The number of rotatable bonds is 4. The lowest BCUT2D eigenvalue weighted by molar-refractivity contribution is -0.132. The Morgan fingerprint density at radius 1 is 1.40 bits per heavy atom. The molecule has 0 heterocycles. The van der Waals surface area contributed by atoms with Crippen molar-refractivity contribution < 1.29 is 20.1 Å². The third-order valence-electron chi connectivity index (χ3n) is 2.08. The largest absolute Gasteiger partial charge is 0.478 e. The van der Waals surface area contributed by atoms with E-state index in [0.29, 0.717) is 17.9 Å². The van der Waals surface area contributed by atoms with Crippen LogP contribution < -0.4 is 0 Å². The van der Waals surface area contributed by atoms with E-state index in [2.05, 4.69) is 0 Å². The first-order valence-corrected chi connectivity index (χ1v) is 5.07. The van der Waals surface area contributed by atoms with Crippen molar-refractivity contribution >= 4 is 5.97 Å². The molecule has 4 nitrogen and oxygen atoms in total. The van der Waals surface area contributed by atoms with Crippen molar-refractivity contribution in [3.63, 3.8) is 0 Å². The summed E-state index contributed by atoms with van der Waals surface area (Å²) in [5.74, 6) is -0.419. The van der Waals surface area contributed by atoms with Crippen molar-refractivity contribution in [2.45, 2.75) is 46.8 Å². The van der Waals surface area contributed by atoms with Crippen LogP contribution in [0.3, 0.4) is 0 Å². The van der Waals surface area contributed by atoms with Crippen molar-refractivity contribution in [3.8, 4) is 0 Å². The zero-order chi connectivity index (χ0) is 12.4. The van der Waals surface area contributed by atoms with Gasteiger partial charge in [-0.3, -0.25) is 0 Å². The van der Waals surface area contributed by atoms with Crippen molar-refractivity contribution in [3.05, 3.63) is 11.6 Å². The van der Waals surface area contributed by atoms with Gasteiger partial charge in [0.1, 0.15) is 0 Å². The van der Waals surface area contributed by atoms with Crippen LogP contribution in [0.2, 0.25) is 0 Å². The molecule has 0 aromatic carbocycles. The Labute approximate surface area is 91.2 Å². The molecule has 0 rings (SSSR count). The lowest BCUT2D eigenvalue weighted by Gasteiger charge is -2.08. The van der Waals surface area contributed by atoms with E-state index in [1.165, 1.54) is 0 Å². The maximum absolute atomic E-state index is 9.86. The second-order valence-electron chi connectivity index (χ2n) is 3.51. The van der Waals surface area contributed by atoms with Crippen molar-refractivity contribution in [1.29, 1.82) is 0 Å². The highest BCUT2D eigenvalue weighted by molar-refractivity contribution is 5.85. The third kappa shape index (κ3) is 13.1. The van der Waals surface area contributed by atoms with Crippen LogP contribution in [0.5, 0.6) is 0 Å². The summed E-state index contributed by atoms with van der Waals surface area (Å²) in [5.41, 5.74) is 0.389. The fourth-order valence-electron chi connectivity index (χ4n) is 0.650. The molecule has 0 bridgehead atoms. The molecule has 1 unspecified atom stereocenters. The molecular formula is C11H22O4. The summed E-state index contributed by atoms with van der Waals surface area (Å²) in [4.78, 5) is 9.86. The van der Waals surface area contributed by atoms with Gasteiger partial charge < -0.3 is 15.3 Å². The van der Waals surface area contributed by atoms with E-state index < -0.39 is 12.3 Å². The lowest BCUT2D eigenvalue weighted by Crippen LogP contribution is -2.09. The minimum absolute atomic E-state index is 0.389. The zero-order valence-electron chi connectivity index (χ0n) is 9.90. The molecule has 0 saturated heterocycles. The molecule has 0 aromatic heterocycles. The van der Waals surface area contributed by atoms with E-state index in [9.17, 15) is 4.79 Å². The fraction of sp³-hybridized carbons (Fsp3) is 0.727. The summed E-state index contributed by atoms with van der Waals surface area (Å²) in [6.07, 6.45) is 1.95. The molecule has 4 heteroatoms. The van der Waals surface area contributed by atoms with E-state index in [0.717, 1.165) is 6.42 Å². The molecule has 1 atom stereocenters. The highest BCUT2D eigenvalue weighted by atomic mass is 16.5. The van der Waals surface area contributed by atoms with Gasteiger partial charge in [0.05, 0.1) is 0 Å². The molecule has 15 heavy (non-hydrogen) atoms. The summed E-state index contributed by atoms with van der Waals surface area (Å²) in [7, 11) is 0. The molecule has 0 amide bonds. The number of aliphatic carboxylic acids is 1. The molecule has 0 aromatic rings. The summed E-state index contributed by atoms with van der Waals surface area (Å²) in [6, 6.07) is 0. The number of hydrogen-bond donors (Lipinski definition) is 3. The van der Waals surface area contributed by atoms with E-state index >= 15 is 0 Å². The summed E-state index contributed by atoms with van der Waals surface area (Å²) < 4.78 is 0. The quantitative estimate of drug-likeness (QED) is 0.496. The highest BCUT2D eigenvalue weighted by Crippen LogP contribution is 2.07. The Kier molecular flexibility index (Phi) is 10.7.